The molecule has 0 bridgehead atoms. The molecular formula is C10H16N2O. The third-order valence-corrected chi connectivity index (χ3v) is 3.93. The van der Waals surface area contributed by atoms with E-state index in [1.165, 1.54) is 0 Å². The van der Waals surface area contributed by atoms with Gasteiger partial charge in [-0.05, 0) is 18.3 Å². The molecule has 1 saturated carbocycles. The first-order chi connectivity index (χ1) is 5.86. The first kappa shape index (κ1) is 10.0. The maximum Gasteiger partial charge on any atom is 0.223 e. The first-order valence-corrected chi connectivity index (χ1v) is 4.56. The molecule has 0 heterocycles. The first-order valence-electron chi connectivity index (χ1n) is 4.56. The molecule has 72 valence electrons. The molecular weight excluding hydrogens is 164 g/mol. The summed E-state index contributed by atoms with van der Waals surface area (Å²) in [7, 11) is 0. The van der Waals surface area contributed by atoms with Gasteiger partial charge in [-0.2, -0.15) is 5.26 Å². The molecule has 1 amide bonds. The van der Waals surface area contributed by atoms with Gasteiger partial charge in [0.1, 0.15) is 0 Å². The smallest absolute Gasteiger partial charge is 0.223 e. The van der Waals surface area contributed by atoms with Gasteiger partial charge < -0.3 is 5.73 Å². The highest BCUT2D eigenvalue weighted by Gasteiger charge is 2.55. The Morgan fingerprint density at radius 3 is 2.31 bits per heavy atom. The molecule has 0 radical (unpaired) electrons. The third-order valence-electron chi connectivity index (χ3n) is 3.93. The van der Waals surface area contributed by atoms with Crippen LogP contribution in [0.3, 0.4) is 0 Å². The molecule has 3 nitrogen and oxygen atoms in total. The Hall–Kier alpha value is -1.04. The van der Waals surface area contributed by atoms with Crippen molar-refractivity contribution in [2.24, 2.45) is 22.5 Å². The minimum atomic E-state index is -0.520. The van der Waals surface area contributed by atoms with Gasteiger partial charge >= 0.3 is 0 Å². The summed E-state index contributed by atoms with van der Waals surface area (Å²) in [5, 5.41) is 8.91. The van der Waals surface area contributed by atoms with Gasteiger partial charge in [0, 0.05) is 0 Å². The molecule has 1 aliphatic carbocycles. The van der Waals surface area contributed by atoms with Crippen LogP contribution in [0.15, 0.2) is 0 Å². The fraction of sp³-hybridized carbons (Fsp3) is 0.800. The van der Waals surface area contributed by atoms with E-state index in [2.05, 4.69) is 6.07 Å². The summed E-state index contributed by atoms with van der Waals surface area (Å²) >= 11 is 0. The third kappa shape index (κ3) is 1.13. The number of nitrogens with zero attached hydrogens (tertiary/aromatic N) is 1. The van der Waals surface area contributed by atoms with E-state index in [9.17, 15) is 4.79 Å². The molecule has 0 aromatic rings. The van der Waals surface area contributed by atoms with Gasteiger partial charge in [0.05, 0.1) is 17.4 Å². The van der Waals surface area contributed by atoms with Gasteiger partial charge in [-0.25, -0.2) is 0 Å². The van der Waals surface area contributed by atoms with Crippen molar-refractivity contribution in [3.8, 4) is 6.07 Å². The summed E-state index contributed by atoms with van der Waals surface area (Å²) in [5.41, 5.74) is 4.56. The van der Waals surface area contributed by atoms with Gasteiger partial charge in [-0.1, -0.05) is 20.8 Å². The maximum atomic E-state index is 11.3. The lowest BCUT2D eigenvalue weighted by molar-refractivity contribution is -0.132. The lowest BCUT2D eigenvalue weighted by atomic mass is 9.65. The SMILES string of the molecule is CC1(C)[C@@H](C#N)CC[C@@]1(C)C(N)=O. The molecule has 3 heteroatoms. The number of carbonyl (C=O) groups is 1. The number of nitrogens with two attached hydrogens (primary N) is 1. The van der Waals surface area contributed by atoms with Gasteiger partial charge in [0.2, 0.25) is 5.91 Å². The number of hydrogen-bond donors (Lipinski definition) is 1. The number of carbonyl (C=O) groups excluding carboxylic acids is 1. The fourth-order valence-corrected chi connectivity index (χ4v) is 2.17. The number of primary amides is 1. The minimum Gasteiger partial charge on any atom is -0.369 e. The standard InChI is InChI=1S/C10H16N2O/c1-9(2)7(6-11)4-5-10(9,3)8(12)13/h7H,4-5H2,1-3H3,(H2,12,13)/t7-,10+/m1/s1. The van der Waals surface area contributed by atoms with Crippen LogP contribution in [0.2, 0.25) is 0 Å². The van der Waals surface area contributed by atoms with Crippen molar-refractivity contribution in [2.75, 3.05) is 0 Å². The highest BCUT2D eigenvalue weighted by atomic mass is 16.1. The molecule has 0 unspecified atom stereocenters. The molecule has 0 saturated heterocycles. The van der Waals surface area contributed by atoms with Crippen LogP contribution >= 0.6 is 0 Å². The number of rotatable bonds is 1. The molecule has 2 atom stereocenters. The van der Waals surface area contributed by atoms with Crippen LogP contribution in [0.5, 0.6) is 0 Å². The molecule has 0 aromatic carbocycles. The normalized spacial score (nSPS) is 36.9. The molecule has 1 rings (SSSR count). The number of amides is 1. The van der Waals surface area contributed by atoms with E-state index in [0.29, 0.717) is 0 Å². The Kier molecular flexibility index (Phi) is 2.11. The van der Waals surface area contributed by atoms with Gasteiger partial charge in [0.15, 0.2) is 0 Å². The Morgan fingerprint density at radius 2 is 2.08 bits per heavy atom. The van der Waals surface area contributed by atoms with Crippen molar-refractivity contribution in [2.45, 2.75) is 33.6 Å². The average Bonchev–Trinajstić information content (AvgIpc) is 2.25. The van der Waals surface area contributed by atoms with Crippen molar-refractivity contribution in [1.82, 2.24) is 0 Å². The fourth-order valence-electron chi connectivity index (χ4n) is 2.17. The molecule has 2 N–H and O–H groups in total. The van der Waals surface area contributed by atoms with Gasteiger partial charge in [-0.15, -0.1) is 0 Å². The van der Waals surface area contributed by atoms with Crippen LogP contribution in [0, 0.1) is 28.1 Å². The second-order valence-electron chi connectivity index (χ2n) is 4.64. The van der Waals surface area contributed by atoms with Crippen LogP contribution in [0.25, 0.3) is 0 Å². The average molecular weight is 180 g/mol. The lowest BCUT2D eigenvalue weighted by Gasteiger charge is -2.36. The molecule has 1 fully saturated rings. The quantitative estimate of drug-likeness (QED) is 0.663. The topological polar surface area (TPSA) is 66.9 Å². The monoisotopic (exact) mass is 180 g/mol. The zero-order chi connectivity index (χ0) is 10.3. The summed E-state index contributed by atoms with van der Waals surface area (Å²) in [4.78, 5) is 11.3. The molecule has 0 spiro atoms. The Morgan fingerprint density at radius 1 is 1.54 bits per heavy atom. The van der Waals surface area contributed by atoms with E-state index in [-0.39, 0.29) is 17.2 Å². The molecule has 13 heavy (non-hydrogen) atoms. The number of hydrogen-bond acceptors (Lipinski definition) is 2. The lowest BCUT2D eigenvalue weighted by Crippen LogP contribution is -2.44. The van der Waals surface area contributed by atoms with Crippen LogP contribution in [-0.2, 0) is 4.79 Å². The predicted molar refractivity (Wildman–Crippen MR) is 49.4 cm³/mol. The largest absolute Gasteiger partial charge is 0.369 e. The van der Waals surface area contributed by atoms with E-state index >= 15 is 0 Å². The predicted octanol–water partition coefficient (Wildman–Crippen LogP) is 1.44. The van der Waals surface area contributed by atoms with Crippen molar-refractivity contribution in [3.05, 3.63) is 0 Å². The van der Waals surface area contributed by atoms with E-state index in [0.717, 1.165) is 12.8 Å². The van der Waals surface area contributed by atoms with Crippen LogP contribution in [-0.4, -0.2) is 5.91 Å². The highest BCUT2D eigenvalue weighted by Crippen LogP contribution is 2.55. The van der Waals surface area contributed by atoms with Gasteiger partial charge in [0.25, 0.3) is 0 Å². The Balaban J connectivity index is 3.07. The molecule has 1 aliphatic rings. The maximum absolute atomic E-state index is 11.3. The van der Waals surface area contributed by atoms with E-state index in [4.69, 9.17) is 11.0 Å². The van der Waals surface area contributed by atoms with Crippen molar-refractivity contribution in [1.29, 1.82) is 5.26 Å². The van der Waals surface area contributed by atoms with E-state index in [1.54, 1.807) is 0 Å². The van der Waals surface area contributed by atoms with Crippen LogP contribution in [0.1, 0.15) is 33.6 Å². The zero-order valence-corrected chi connectivity index (χ0v) is 8.42. The Bertz CT molecular complexity index is 277. The summed E-state index contributed by atoms with van der Waals surface area (Å²) in [5.74, 6) is -0.333. The van der Waals surface area contributed by atoms with Crippen molar-refractivity contribution in [3.63, 3.8) is 0 Å². The summed E-state index contributed by atoms with van der Waals surface area (Å²) in [6.45, 7) is 5.78. The summed E-state index contributed by atoms with van der Waals surface area (Å²) in [6.07, 6.45) is 1.51. The van der Waals surface area contributed by atoms with E-state index < -0.39 is 5.41 Å². The van der Waals surface area contributed by atoms with Gasteiger partial charge in [-0.3, -0.25) is 4.79 Å². The van der Waals surface area contributed by atoms with Crippen LogP contribution < -0.4 is 5.73 Å². The highest BCUT2D eigenvalue weighted by molar-refractivity contribution is 5.81. The molecule has 0 aliphatic heterocycles. The summed E-state index contributed by atoms with van der Waals surface area (Å²) < 4.78 is 0. The Labute approximate surface area is 78.9 Å². The second kappa shape index (κ2) is 2.73. The van der Waals surface area contributed by atoms with E-state index in [1.807, 2.05) is 20.8 Å². The van der Waals surface area contributed by atoms with Crippen molar-refractivity contribution >= 4 is 5.91 Å². The minimum absolute atomic E-state index is 0.0509. The summed E-state index contributed by atoms with van der Waals surface area (Å²) in [6, 6.07) is 2.26. The second-order valence-corrected chi connectivity index (χ2v) is 4.64. The van der Waals surface area contributed by atoms with Crippen molar-refractivity contribution < 1.29 is 4.79 Å². The van der Waals surface area contributed by atoms with Crippen LogP contribution in [0.4, 0.5) is 0 Å². The molecule has 0 aromatic heterocycles. The number of nitriles is 1. The zero-order valence-electron chi connectivity index (χ0n) is 8.42.